The number of hydrogen-bond acceptors (Lipinski definition) is 2. The van der Waals surface area contributed by atoms with Crippen molar-refractivity contribution in [3.05, 3.63) is 30.1 Å². The van der Waals surface area contributed by atoms with Crippen LogP contribution in [0.5, 0.6) is 0 Å². The van der Waals surface area contributed by atoms with Gasteiger partial charge in [0, 0.05) is 13.0 Å². The molecule has 1 aromatic carbocycles. The van der Waals surface area contributed by atoms with Gasteiger partial charge in [-0.2, -0.15) is 5.26 Å². The first-order valence-electron chi connectivity index (χ1n) is 5.40. The molecule has 0 saturated carbocycles. The van der Waals surface area contributed by atoms with Crippen LogP contribution in [0.1, 0.15) is 26.7 Å². The van der Waals surface area contributed by atoms with Gasteiger partial charge in [0.1, 0.15) is 5.82 Å². The molecule has 0 heterocycles. The highest BCUT2D eigenvalue weighted by molar-refractivity contribution is 5.44. The fourth-order valence-corrected chi connectivity index (χ4v) is 1.42. The van der Waals surface area contributed by atoms with Gasteiger partial charge in [-0.1, -0.05) is 26.0 Å². The summed E-state index contributed by atoms with van der Waals surface area (Å²) in [6.45, 7) is 4.80. The minimum absolute atomic E-state index is 0.00197. The number of halogens is 1. The predicted molar refractivity (Wildman–Crippen MR) is 63.5 cm³/mol. The highest BCUT2D eigenvalue weighted by atomic mass is 19.1. The molecule has 0 spiro atoms. The van der Waals surface area contributed by atoms with Crippen LogP contribution in [0.15, 0.2) is 24.3 Å². The van der Waals surface area contributed by atoms with E-state index in [0.717, 1.165) is 6.42 Å². The van der Waals surface area contributed by atoms with E-state index < -0.39 is 0 Å². The summed E-state index contributed by atoms with van der Waals surface area (Å²) in [6.07, 6.45) is 1.34. The number of rotatable bonds is 5. The molecule has 0 fully saturated rings. The summed E-state index contributed by atoms with van der Waals surface area (Å²) in [4.78, 5) is 0. The summed E-state index contributed by atoms with van der Waals surface area (Å²) in [6, 6.07) is 8.75. The Morgan fingerprint density at radius 2 is 2.06 bits per heavy atom. The van der Waals surface area contributed by atoms with Gasteiger partial charge in [-0.3, -0.25) is 0 Å². The number of nitrogens with one attached hydrogen (secondary N) is 1. The van der Waals surface area contributed by atoms with E-state index >= 15 is 0 Å². The van der Waals surface area contributed by atoms with Crippen molar-refractivity contribution in [2.75, 3.05) is 11.9 Å². The smallest absolute Gasteiger partial charge is 0.146 e. The van der Waals surface area contributed by atoms with Crippen LogP contribution in [0.25, 0.3) is 0 Å². The molecule has 0 atom stereocenters. The zero-order chi connectivity index (χ0) is 12.0. The van der Waals surface area contributed by atoms with Gasteiger partial charge in [0.25, 0.3) is 0 Å². The normalized spacial score (nSPS) is 10.9. The third-order valence-corrected chi connectivity index (χ3v) is 2.54. The van der Waals surface area contributed by atoms with Crippen LogP contribution in [0.3, 0.4) is 0 Å². The Bertz CT molecular complexity index is 380. The van der Waals surface area contributed by atoms with Gasteiger partial charge >= 0.3 is 0 Å². The molecule has 1 aromatic rings. The van der Waals surface area contributed by atoms with Gasteiger partial charge in [-0.25, -0.2) is 4.39 Å². The molecule has 0 aromatic heterocycles. The zero-order valence-electron chi connectivity index (χ0n) is 9.76. The Hall–Kier alpha value is -1.56. The van der Waals surface area contributed by atoms with Crippen molar-refractivity contribution in [2.24, 2.45) is 5.41 Å². The van der Waals surface area contributed by atoms with Crippen LogP contribution < -0.4 is 5.32 Å². The van der Waals surface area contributed by atoms with Gasteiger partial charge in [-0.05, 0) is 24.0 Å². The molecule has 0 amide bonds. The topological polar surface area (TPSA) is 35.8 Å². The zero-order valence-corrected chi connectivity index (χ0v) is 9.76. The first-order valence-corrected chi connectivity index (χ1v) is 5.40. The van der Waals surface area contributed by atoms with Crippen molar-refractivity contribution in [1.82, 2.24) is 0 Å². The summed E-state index contributed by atoms with van der Waals surface area (Å²) in [7, 11) is 0. The Morgan fingerprint density at radius 1 is 1.38 bits per heavy atom. The number of benzene rings is 1. The summed E-state index contributed by atoms with van der Waals surface area (Å²) < 4.78 is 13.3. The maximum absolute atomic E-state index is 13.3. The van der Waals surface area contributed by atoms with Crippen molar-refractivity contribution < 1.29 is 4.39 Å². The van der Waals surface area contributed by atoms with E-state index in [0.29, 0.717) is 18.7 Å². The van der Waals surface area contributed by atoms with E-state index in [1.54, 1.807) is 18.2 Å². The molecule has 1 rings (SSSR count). The van der Waals surface area contributed by atoms with Crippen LogP contribution in [0.4, 0.5) is 10.1 Å². The number of nitrogens with zero attached hydrogens (tertiary/aromatic N) is 1. The summed E-state index contributed by atoms with van der Waals surface area (Å²) in [5, 5.41) is 11.6. The largest absolute Gasteiger partial charge is 0.382 e. The van der Waals surface area contributed by atoms with E-state index in [9.17, 15) is 4.39 Å². The second-order valence-corrected chi connectivity index (χ2v) is 4.66. The third-order valence-electron chi connectivity index (χ3n) is 2.54. The molecule has 1 N–H and O–H groups in total. The lowest BCUT2D eigenvalue weighted by atomic mass is 9.88. The van der Waals surface area contributed by atoms with Gasteiger partial charge in [0.15, 0.2) is 0 Å². The number of nitriles is 1. The van der Waals surface area contributed by atoms with Gasteiger partial charge < -0.3 is 5.32 Å². The van der Waals surface area contributed by atoms with Crippen molar-refractivity contribution >= 4 is 5.69 Å². The van der Waals surface area contributed by atoms with Crippen LogP contribution in [0.2, 0.25) is 0 Å². The minimum Gasteiger partial charge on any atom is -0.382 e. The van der Waals surface area contributed by atoms with Gasteiger partial charge in [-0.15, -0.1) is 0 Å². The first-order chi connectivity index (χ1) is 7.55. The van der Waals surface area contributed by atoms with Gasteiger partial charge in [0.05, 0.1) is 11.8 Å². The van der Waals surface area contributed by atoms with Crippen molar-refractivity contribution in [3.63, 3.8) is 0 Å². The highest BCUT2D eigenvalue weighted by Crippen LogP contribution is 2.23. The lowest BCUT2D eigenvalue weighted by molar-refractivity contribution is 0.363. The fourth-order valence-electron chi connectivity index (χ4n) is 1.42. The highest BCUT2D eigenvalue weighted by Gasteiger charge is 2.17. The minimum atomic E-state index is -0.237. The number of anilines is 1. The van der Waals surface area contributed by atoms with Crippen LogP contribution >= 0.6 is 0 Å². The summed E-state index contributed by atoms with van der Waals surface area (Å²) in [5.41, 5.74) is 0.519. The molecule has 0 radical (unpaired) electrons. The second-order valence-electron chi connectivity index (χ2n) is 4.66. The molecule has 0 aliphatic carbocycles. The molecule has 86 valence electrons. The molecule has 2 nitrogen and oxygen atoms in total. The van der Waals surface area contributed by atoms with E-state index in [1.807, 2.05) is 0 Å². The molecule has 0 unspecified atom stereocenters. The fraction of sp³-hybridized carbons (Fsp3) is 0.462. The third kappa shape index (κ3) is 3.90. The van der Waals surface area contributed by atoms with Crippen LogP contribution in [-0.2, 0) is 0 Å². The van der Waals surface area contributed by atoms with E-state index in [1.165, 1.54) is 6.07 Å². The molecule has 0 aliphatic rings. The average molecular weight is 220 g/mol. The van der Waals surface area contributed by atoms with E-state index in [2.05, 4.69) is 25.2 Å². The summed E-state index contributed by atoms with van der Waals surface area (Å²) >= 11 is 0. The quantitative estimate of drug-likeness (QED) is 0.823. The Kier molecular flexibility index (Phi) is 4.30. The standard InChI is InChI=1S/C13H17FN2/c1-13(2,8-5-9-15)10-16-12-7-4-3-6-11(12)14/h3-4,6-7,16H,5,8,10H2,1-2H3. The van der Waals surface area contributed by atoms with Gasteiger partial charge in [0.2, 0.25) is 0 Å². The molecule has 0 bridgehead atoms. The van der Waals surface area contributed by atoms with Crippen molar-refractivity contribution in [1.29, 1.82) is 5.26 Å². The molecule has 3 heteroatoms. The lowest BCUT2D eigenvalue weighted by Gasteiger charge is -2.24. The van der Waals surface area contributed by atoms with Crippen LogP contribution in [0, 0.1) is 22.6 Å². The molecule has 0 aliphatic heterocycles. The SMILES string of the molecule is CC(C)(CCC#N)CNc1ccccc1F. The molecular weight excluding hydrogens is 203 g/mol. The summed E-state index contributed by atoms with van der Waals surface area (Å²) in [5.74, 6) is -0.237. The van der Waals surface area contributed by atoms with Crippen molar-refractivity contribution in [3.8, 4) is 6.07 Å². The lowest BCUT2D eigenvalue weighted by Crippen LogP contribution is -2.23. The Labute approximate surface area is 96.1 Å². The number of hydrogen-bond donors (Lipinski definition) is 1. The Balaban J connectivity index is 2.51. The molecule has 16 heavy (non-hydrogen) atoms. The predicted octanol–water partition coefficient (Wildman–Crippen LogP) is 3.57. The Morgan fingerprint density at radius 3 is 2.69 bits per heavy atom. The van der Waals surface area contributed by atoms with E-state index in [-0.39, 0.29) is 11.2 Å². The monoisotopic (exact) mass is 220 g/mol. The molecular formula is C13H17FN2. The maximum Gasteiger partial charge on any atom is 0.146 e. The molecule has 0 saturated heterocycles. The van der Waals surface area contributed by atoms with Crippen molar-refractivity contribution in [2.45, 2.75) is 26.7 Å². The average Bonchev–Trinajstić information content (AvgIpc) is 2.26. The second kappa shape index (κ2) is 5.50. The first kappa shape index (κ1) is 12.5. The maximum atomic E-state index is 13.3. The number of para-hydroxylation sites is 1. The van der Waals surface area contributed by atoms with Crippen LogP contribution in [-0.4, -0.2) is 6.54 Å². The van der Waals surface area contributed by atoms with E-state index in [4.69, 9.17) is 5.26 Å².